The van der Waals surface area contributed by atoms with Crippen molar-refractivity contribution in [3.8, 4) is 0 Å². The number of likely N-dealkylation sites (tertiary alicyclic amines) is 1. The molecule has 1 saturated heterocycles. The number of rotatable bonds is 5. The van der Waals surface area contributed by atoms with Crippen molar-refractivity contribution in [2.24, 2.45) is 11.8 Å². The molecule has 1 aliphatic heterocycles. The summed E-state index contributed by atoms with van der Waals surface area (Å²) in [6.07, 6.45) is 0.746. The first-order chi connectivity index (χ1) is 13.8. The third-order valence-corrected chi connectivity index (χ3v) is 4.86. The summed E-state index contributed by atoms with van der Waals surface area (Å²) >= 11 is 0. The second kappa shape index (κ2) is 9.14. The Hall–Kier alpha value is -2.44. The van der Waals surface area contributed by atoms with Gasteiger partial charge >= 0.3 is 12.1 Å². The molecule has 2 rings (SSSR count). The maximum atomic E-state index is 14.5. The van der Waals surface area contributed by atoms with Gasteiger partial charge in [-0.2, -0.15) is 0 Å². The van der Waals surface area contributed by atoms with E-state index in [2.05, 4.69) is 0 Å². The summed E-state index contributed by atoms with van der Waals surface area (Å²) in [5.41, 5.74) is -0.919. The predicted molar refractivity (Wildman–Crippen MR) is 111 cm³/mol. The molecule has 1 aromatic carbocycles. The van der Waals surface area contributed by atoms with Crippen LogP contribution in [0.5, 0.6) is 0 Å². The lowest BCUT2D eigenvalue weighted by Crippen LogP contribution is -2.38. The maximum Gasteiger partial charge on any atom is 0.410 e. The average Bonchev–Trinajstić information content (AvgIpc) is 3.07. The second-order valence-electron chi connectivity index (χ2n) is 9.74. The van der Waals surface area contributed by atoms with Crippen LogP contribution in [-0.2, 0) is 20.7 Å². The molecule has 0 saturated carbocycles. The van der Waals surface area contributed by atoms with Crippen molar-refractivity contribution < 1.29 is 28.2 Å². The van der Waals surface area contributed by atoms with Crippen LogP contribution >= 0.6 is 0 Å². The monoisotopic (exact) mass is 421 g/mol. The van der Waals surface area contributed by atoms with Gasteiger partial charge in [-0.3, -0.25) is 9.59 Å². The number of aldehydes is 1. The molecule has 166 valence electrons. The Morgan fingerprint density at radius 1 is 1.17 bits per heavy atom. The Labute approximate surface area is 177 Å². The van der Waals surface area contributed by atoms with Gasteiger partial charge in [0.25, 0.3) is 0 Å². The molecular formula is C23H32FNO5. The van der Waals surface area contributed by atoms with Crippen LogP contribution < -0.4 is 0 Å². The molecule has 1 fully saturated rings. The molecule has 30 heavy (non-hydrogen) atoms. The highest BCUT2D eigenvalue weighted by Gasteiger charge is 2.39. The van der Waals surface area contributed by atoms with Crippen LogP contribution in [0.2, 0.25) is 0 Å². The summed E-state index contributed by atoms with van der Waals surface area (Å²) in [4.78, 5) is 38.4. The first kappa shape index (κ1) is 23.8. The molecule has 7 heteroatoms. The Morgan fingerprint density at radius 2 is 1.80 bits per heavy atom. The number of halogens is 1. The van der Waals surface area contributed by atoms with E-state index in [1.165, 1.54) is 18.2 Å². The highest BCUT2D eigenvalue weighted by Crippen LogP contribution is 2.31. The van der Waals surface area contributed by atoms with E-state index in [4.69, 9.17) is 9.47 Å². The molecular weight excluding hydrogens is 389 g/mol. The Balaban J connectivity index is 2.26. The molecule has 1 amide bonds. The molecule has 1 heterocycles. The Bertz CT molecular complexity index is 794. The number of ether oxygens (including phenoxy) is 2. The lowest BCUT2D eigenvalue weighted by molar-refractivity contribution is -0.162. The number of carbonyl (C=O) groups excluding carboxylic acids is 3. The zero-order chi connectivity index (χ0) is 22.7. The van der Waals surface area contributed by atoms with Crippen molar-refractivity contribution in [2.45, 2.75) is 65.6 Å². The molecule has 0 bridgehead atoms. The zero-order valence-electron chi connectivity index (χ0n) is 18.7. The maximum absolute atomic E-state index is 14.5. The molecule has 1 aromatic rings. The lowest BCUT2D eigenvalue weighted by Gasteiger charge is -2.28. The van der Waals surface area contributed by atoms with Gasteiger partial charge in [0.1, 0.15) is 23.3 Å². The molecule has 1 aliphatic rings. The van der Waals surface area contributed by atoms with Crippen LogP contribution in [0, 0.1) is 17.7 Å². The summed E-state index contributed by atoms with van der Waals surface area (Å²) in [5.74, 6) is -1.91. The molecule has 2 atom stereocenters. The predicted octanol–water partition coefficient (Wildman–Crippen LogP) is 4.40. The van der Waals surface area contributed by atoms with E-state index >= 15 is 0 Å². The molecule has 0 aliphatic carbocycles. The lowest BCUT2D eigenvalue weighted by atomic mass is 9.84. The van der Waals surface area contributed by atoms with Crippen LogP contribution in [0.3, 0.4) is 0 Å². The van der Waals surface area contributed by atoms with Crippen molar-refractivity contribution in [2.75, 3.05) is 13.1 Å². The van der Waals surface area contributed by atoms with Crippen LogP contribution in [0.4, 0.5) is 9.18 Å². The molecule has 0 unspecified atom stereocenters. The number of amides is 1. The van der Waals surface area contributed by atoms with E-state index in [-0.39, 0.29) is 23.5 Å². The second-order valence-corrected chi connectivity index (χ2v) is 9.74. The van der Waals surface area contributed by atoms with E-state index in [0.29, 0.717) is 25.8 Å². The van der Waals surface area contributed by atoms with Crippen molar-refractivity contribution in [3.05, 3.63) is 35.1 Å². The molecule has 6 nitrogen and oxygen atoms in total. The van der Waals surface area contributed by atoms with Crippen LogP contribution in [0.1, 0.15) is 63.9 Å². The summed E-state index contributed by atoms with van der Waals surface area (Å²) in [5, 5.41) is 0. The van der Waals surface area contributed by atoms with Crippen molar-refractivity contribution >= 4 is 18.3 Å². The van der Waals surface area contributed by atoms with Gasteiger partial charge in [0.2, 0.25) is 0 Å². The zero-order valence-corrected chi connectivity index (χ0v) is 18.7. The fourth-order valence-electron chi connectivity index (χ4n) is 3.55. The number of carbonyl (C=O) groups is 3. The standard InChI is InChI=1S/C23H32FNO5/c1-22(2,3)29-20(27)18(12-17-16(14-26)8-7-9-19(17)24)15-10-11-25(13-15)21(28)30-23(4,5)6/h7-9,14-15,18H,10-13H2,1-6H3/t15-,18-/m0/s1. The van der Waals surface area contributed by atoms with Crippen LogP contribution in [0.25, 0.3) is 0 Å². The largest absolute Gasteiger partial charge is 0.460 e. The van der Waals surface area contributed by atoms with Gasteiger partial charge in [-0.05, 0) is 71.9 Å². The van der Waals surface area contributed by atoms with Gasteiger partial charge in [-0.15, -0.1) is 0 Å². The van der Waals surface area contributed by atoms with Crippen LogP contribution in [0.15, 0.2) is 18.2 Å². The van der Waals surface area contributed by atoms with Gasteiger partial charge in [0.05, 0.1) is 5.92 Å². The van der Waals surface area contributed by atoms with Gasteiger partial charge in [0.15, 0.2) is 0 Å². The molecule has 0 N–H and O–H groups in total. The average molecular weight is 422 g/mol. The highest BCUT2D eigenvalue weighted by atomic mass is 19.1. The third kappa shape index (κ3) is 6.54. The minimum absolute atomic E-state index is 0.0302. The molecule has 0 radical (unpaired) electrons. The fourth-order valence-corrected chi connectivity index (χ4v) is 3.55. The van der Waals surface area contributed by atoms with Gasteiger partial charge in [-0.1, -0.05) is 12.1 Å². The van der Waals surface area contributed by atoms with Gasteiger partial charge in [0, 0.05) is 18.7 Å². The summed E-state index contributed by atoms with van der Waals surface area (Å²) in [7, 11) is 0. The van der Waals surface area contributed by atoms with E-state index in [1.54, 1.807) is 46.4 Å². The van der Waals surface area contributed by atoms with E-state index < -0.39 is 35.0 Å². The van der Waals surface area contributed by atoms with Gasteiger partial charge in [-0.25, -0.2) is 9.18 Å². The van der Waals surface area contributed by atoms with Crippen molar-refractivity contribution in [1.82, 2.24) is 4.90 Å². The summed E-state index contributed by atoms with van der Waals surface area (Å²) in [6.45, 7) is 11.4. The fraction of sp³-hybridized carbons (Fsp3) is 0.609. The normalized spacial score (nSPS) is 18.1. The quantitative estimate of drug-likeness (QED) is 0.521. The Morgan fingerprint density at radius 3 is 2.37 bits per heavy atom. The topological polar surface area (TPSA) is 72.9 Å². The van der Waals surface area contributed by atoms with Crippen molar-refractivity contribution in [1.29, 1.82) is 0 Å². The number of esters is 1. The first-order valence-electron chi connectivity index (χ1n) is 10.2. The minimum Gasteiger partial charge on any atom is -0.460 e. The molecule has 0 aromatic heterocycles. The highest BCUT2D eigenvalue weighted by molar-refractivity contribution is 5.79. The third-order valence-electron chi connectivity index (χ3n) is 4.86. The number of nitrogens with zero attached hydrogens (tertiary/aromatic N) is 1. The first-order valence-corrected chi connectivity index (χ1v) is 10.2. The van der Waals surface area contributed by atoms with E-state index in [9.17, 15) is 18.8 Å². The van der Waals surface area contributed by atoms with Crippen molar-refractivity contribution in [3.63, 3.8) is 0 Å². The van der Waals surface area contributed by atoms with E-state index in [1.807, 2.05) is 0 Å². The SMILES string of the molecule is CC(C)(C)OC(=O)[C@@H](Cc1c(F)cccc1C=O)[C@H]1CCN(C(=O)OC(C)(C)C)C1. The number of benzene rings is 1. The van der Waals surface area contributed by atoms with Gasteiger partial charge < -0.3 is 14.4 Å². The molecule has 0 spiro atoms. The minimum atomic E-state index is -0.707. The summed E-state index contributed by atoms with van der Waals surface area (Å²) in [6, 6.07) is 4.26. The number of hydrogen-bond acceptors (Lipinski definition) is 5. The smallest absolute Gasteiger partial charge is 0.410 e. The summed E-state index contributed by atoms with van der Waals surface area (Å²) < 4.78 is 25.5. The number of hydrogen-bond donors (Lipinski definition) is 0. The van der Waals surface area contributed by atoms with E-state index in [0.717, 1.165) is 0 Å². The Kier molecular flexibility index (Phi) is 7.27. The van der Waals surface area contributed by atoms with Crippen LogP contribution in [-0.4, -0.2) is 47.5 Å².